The molecule has 4 aliphatic rings. The van der Waals surface area contributed by atoms with Gasteiger partial charge in [-0.15, -0.1) is 0 Å². The Hall–Kier alpha value is -0.570. The molecule has 4 rings (SSSR count). The fourth-order valence-corrected chi connectivity index (χ4v) is 6.62. The summed E-state index contributed by atoms with van der Waals surface area (Å²) >= 11 is 0. The zero-order chi connectivity index (χ0) is 17.9. The minimum absolute atomic E-state index is 0.0925. The molecule has 4 bridgehead atoms. The van der Waals surface area contributed by atoms with Crippen LogP contribution in [0.3, 0.4) is 0 Å². The minimum atomic E-state index is -0.0925. The zero-order valence-corrected chi connectivity index (χ0v) is 16.9. The van der Waals surface area contributed by atoms with Crippen molar-refractivity contribution in [3.05, 3.63) is 0 Å². The summed E-state index contributed by atoms with van der Waals surface area (Å²) in [6.45, 7) is 12.1. The maximum Gasteiger partial charge on any atom is 0.312 e. The van der Waals surface area contributed by atoms with Crippen LogP contribution < -0.4 is 0 Å². The standard InChI is InChI=1S/C22H40NO2/c1-4-7-9-23(6-3,8-5-2)10-11-25-21(24)22-15-18-12-19(16-22)14-20(13-18)17-22/h18-20H,4-17H2,1-3H3/q+1. The number of esters is 1. The molecule has 1 atom stereocenters. The van der Waals surface area contributed by atoms with E-state index in [1.54, 1.807) is 0 Å². The van der Waals surface area contributed by atoms with Crippen LogP contribution in [0.2, 0.25) is 0 Å². The van der Waals surface area contributed by atoms with Crippen LogP contribution in [-0.2, 0) is 9.53 Å². The van der Waals surface area contributed by atoms with Gasteiger partial charge in [0.25, 0.3) is 0 Å². The summed E-state index contributed by atoms with van der Waals surface area (Å²) in [4.78, 5) is 13.0. The van der Waals surface area contributed by atoms with Gasteiger partial charge in [0.05, 0.1) is 25.0 Å². The third kappa shape index (κ3) is 4.07. The van der Waals surface area contributed by atoms with E-state index in [9.17, 15) is 4.79 Å². The monoisotopic (exact) mass is 350 g/mol. The summed E-state index contributed by atoms with van der Waals surface area (Å²) in [5, 5.41) is 0. The van der Waals surface area contributed by atoms with Crippen molar-refractivity contribution in [2.75, 3.05) is 32.8 Å². The number of carbonyl (C=O) groups excluding carboxylic acids is 1. The molecule has 0 aromatic rings. The van der Waals surface area contributed by atoms with Gasteiger partial charge in [-0.25, -0.2) is 0 Å². The number of carbonyl (C=O) groups is 1. The SMILES string of the molecule is CCCC[N+](CC)(CCC)CCOC(=O)C12CC3CC(CC(C3)C1)C2. The number of hydrogen-bond acceptors (Lipinski definition) is 2. The Morgan fingerprint density at radius 1 is 0.920 bits per heavy atom. The molecule has 1 unspecified atom stereocenters. The highest BCUT2D eigenvalue weighted by molar-refractivity contribution is 5.77. The molecule has 0 aromatic heterocycles. The van der Waals surface area contributed by atoms with E-state index in [1.807, 2.05) is 0 Å². The van der Waals surface area contributed by atoms with Crippen LogP contribution in [0.25, 0.3) is 0 Å². The second-order valence-corrected chi connectivity index (χ2v) is 9.52. The Morgan fingerprint density at radius 2 is 1.52 bits per heavy atom. The first-order valence-electron chi connectivity index (χ1n) is 11.1. The van der Waals surface area contributed by atoms with Gasteiger partial charge in [0, 0.05) is 0 Å². The zero-order valence-electron chi connectivity index (χ0n) is 16.9. The molecule has 0 saturated heterocycles. The predicted molar refractivity (Wildman–Crippen MR) is 102 cm³/mol. The third-order valence-electron chi connectivity index (χ3n) is 7.62. The summed E-state index contributed by atoms with van der Waals surface area (Å²) < 4.78 is 7.08. The Morgan fingerprint density at radius 3 is 2.00 bits per heavy atom. The van der Waals surface area contributed by atoms with Crippen molar-refractivity contribution in [2.24, 2.45) is 23.2 Å². The molecule has 0 radical (unpaired) electrons. The molecule has 0 aromatic carbocycles. The second-order valence-electron chi connectivity index (χ2n) is 9.52. The van der Waals surface area contributed by atoms with Crippen LogP contribution in [0.1, 0.15) is 78.6 Å². The molecule has 3 nitrogen and oxygen atoms in total. The molecule has 4 fully saturated rings. The van der Waals surface area contributed by atoms with E-state index < -0.39 is 0 Å². The van der Waals surface area contributed by atoms with Gasteiger partial charge in [-0.05, 0) is 76.0 Å². The highest BCUT2D eigenvalue weighted by atomic mass is 16.5. The van der Waals surface area contributed by atoms with E-state index in [4.69, 9.17) is 4.74 Å². The van der Waals surface area contributed by atoms with Gasteiger partial charge in [0.1, 0.15) is 13.2 Å². The molecule has 0 heterocycles. The van der Waals surface area contributed by atoms with Crippen LogP contribution in [0, 0.1) is 23.2 Å². The molecule has 0 N–H and O–H groups in total. The van der Waals surface area contributed by atoms with Gasteiger partial charge in [-0.3, -0.25) is 4.79 Å². The summed E-state index contributed by atoms with van der Waals surface area (Å²) in [7, 11) is 0. The van der Waals surface area contributed by atoms with E-state index in [2.05, 4.69) is 20.8 Å². The first-order chi connectivity index (χ1) is 12.0. The lowest BCUT2D eigenvalue weighted by Gasteiger charge is -2.55. The first-order valence-corrected chi connectivity index (χ1v) is 11.1. The van der Waals surface area contributed by atoms with Crippen molar-refractivity contribution in [1.82, 2.24) is 0 Å². The molecule has 25 heavy (non-hydrogen) atoms. The van der Waals surface area contributed by atoms with E-state index in [1.165, 1.54) is 51.6 Å². The number of rotatable bonds is 10. The van der Waals surface area contributed by atoms with Crippen LogP contribution in [0.5, 0.6) is 0 Å². The van der Waals surface area contributed by atoms with Gasteiger partial charge >= 0.3 is 5.97 Å². The number of likely N-dealkylation sites (N-methyl/N-ethyl adjacent to an activating group) is 1. The molecule has 3 heteroatoms. The maximum atomic E-state index is 13.0. The van der Waals surface area contributed by atoms with E-state index >= 15 is 0 Å². The average molecular weight is 351 g/mol. The third-order valence-corrected chi connectivity index (χ3v) is 7.62. The first kappa shape index (κ1) is 19.2. The fourth-order valence-electron chi connectivity index (χ4n) is 6.62. The lowest BCUT2D eigenvalue weighted by atomic mass is 9.49. The number of hydrogen-bond donors (Lipinski definition) is 0. The lowest BCUT2D eigenvalue weighted by Crippen LogP contribution is -2.53. The quantitative estimate of drug-likeness (QED) is 0.418. The fraction of sp³-hybridized carbons (Fsp3) is 0.955. The highest BCUT2D eigenvalue weighted by Gasteiger charge is 2.55. The molecule has 0 aliphatic heterocycles. The van der Waals surface area contributed by atoms with Crippen molar-refractivity contribution >= 4 is 5.97 Å². The van der Waals surface area contributed by atoms with Gasteiger partial charge in [0.15, 0.2) is 0 Å². The second kappa shape index (κ2) is 7.98. The number of nitrogens with zero attached hydrogens (tertiary/aromatic N) is 1. The van der Waals surface area contributed by atoms with Crippen LogP contribution >= 0.6 is 0 Å². The summed E-state index contributed by atoms with van der Waals surface area (Å²) in [5.74, 6) is 2.60. The molecule has 4 saturated carbocycles. The van der Waals surface area contributed by atoms with Crippen molar-refractivity contribution < 1.29 is 14.0 Å². The summed E-state index contributed by atoms with van der Waals surface area (Å²) in [6.07, 6.45) is 11.2. The van der Waals surface area contributed by atoms with Crippen molar-refractivity contribution in [2.45, 2.75) is 78.6 Å². The minimum Gasteiger partial charge on any atom is -0.459 e. The van der Waals surface area contributed by atoms with E-state index in [-0.39, 0.29) is 11.4 Å². The van der Waals surface area contributed by atoms with Crippen molar-refractivity contribution in [3.8, 4) is 0 Å². The van der Waals surface area contributed by atoms with Gasteiger partial charge < -0.3 is 9.22 Å². The van der Waals surface area contributed by atoms with Crippen LogP contribution in [0.4, 0.5) is 0 Å². The van der Waals surface area contributed by atoms with E-state index in [0.29, 0.717) is 6.61 Å². The summed E-state index contributed by atoms with van der Waals surface area (Å²) in [5.41, 5.74) is -0.0925. The number of quaternary nitrogens is 1. The molecule has 144 valence electrons. The lowest BCUT2D eigenvalue weighted by molar-refractivity contribution is -0.927. The average Bonchev–Trinajstić information content (AvgIpc) is 2.58. The molecule has 0 spiro atoms. The Bertz CT molecular complexity index is 426. The Kier molecular flexibility index (Phi) is 6.13. The molecular formula is C22H40NO2+. The number of ether oxygens (including phenoxy) is 1. The normalized spacial score (nSPS) is 35.6. The van der Waals surface area contributed by atoms with Gasteiger partial charge in [-0.2, -0.15) is 0 Å². The van der Waals surface area contributed by atoms with E-state index in [0.717, 1.165) is 54.6 Å². The Labute approximate surface area is 155 Å². The van der Waals surface area contributed by atoms with Crippen molar-refractivity contribution in [3.63, 3.8) is 0 Å². The van der Waals surface area contributed by atoms with Gasteiger partial charge in [-0.1, -0.05) is 20.3 Å². The topological polar surface area (TPSA) is 26.3 Å². The Balaban J connectivity index is 1.54. The smallest absolute Gasteiger partial charge is 0.312 e. The summed E-state index contributed by atoms with van der Waals surface area (Å²) in [6, 6.07) is 0. The highest BCUT2D eigenvalue weighted by Crippen LogP contribution is 2.60. The number of unbranched alkanes of at least 4 members (excludes halogenated alkanes) is 1. The molecule has 4 aliphatic carbocycles. The largest absolute Gasteiger partial charge is 0.459 e. The van der Waals surface area contributed by atoms with Crippen molar-refractivity contribution in [1.29, 1.82) is 0 Å². The molecular weight excluding hydrogens is 310 g/mol. The van der Waals surface area contributed by atoms with Crippen LogP contribution in [-0.4, -0.2) is 43.2 Å². The van der Waals surface area contributed by atoms with Gasteiger partial charge in [0.2, 0.25) is 0 Å². The maximum absolute atomic E-state index is 13.0. The predicted octanol–water partition coefficient (Wildman–Crippen LogP) is 4.79. The molecule has 0 amide bonds. The van der Waals surface area contributed by atoms with Crippen LogP contribution in [0.15, 0.2) is 0 Å².